The molecule has 0 radical (unpaired) electrons. The molecule has 1 aromatic heterocycles. The normalized spacial score (nSPS) is 10.8. The van der Waals surface area contributed by atoms with E-state index >= 15 is 0 Å². The van der Waals surface area contributed by atoms with E-state index in [4.69, 9.17) is 20.8 Å². The van der Waals surface area contributed by atoms with Crippen LogP contribution < -0.4 is 14.8 Å². The summed E-state index contributed by atoms with van der Waals surface area (Å²) in [5.41, 5.74) is 0.226. The lowest BCUT2D eigenvalue weighted by molar-refractivity contribution is -0.0497. The fraction of sp³-hybridized carbons (Fsp3) is 0.105. The minimum Gasteiger partial charge on any atom is -0.483 e. The number of carbonyl (C=O) groups excluding carboxylic acids is 1. The average Bonchev–Trinajstić information content (AvgIpc) is 3.12. The van der Waals surface area contributed by atoms with E-state index in [2.05, 4.69) is 10.1 Å². The molecule has 10 heteroatoms. The molecular weight excluding hydrogens is 418 g/mol. The summed E-state index contributed by atoms with van der Waals surface area (Å²) in [4.78, 5) is 12.2. The van der Waals surface area contributed by atoms with E-state index in [1.807, 2.05) is 0 Å². The largest absolute Gasteiger partial charge is 0.483 e. The van der Waals surface area contributed by atoms with Gasteiger partial charge in [0.05, 0.1) is 5.02 Å². The van der Waals surface area contributed by atoms with Crippen LogP contribution in [0.2, 0.25) is 5.02 Å². The second-order valence-corrected chi connectivity index (χ2v) is 6.01. The van der Waals surface area contributed by atoms with Gasteiger partial charge in [-0.3, -0.25) is 4.79 Å². The SMILES string of the molecule is O=C(Nc1ccc(OC(F)F)c(Cl)c1)c1ccc(COc2ccc(F)cc2F)o1. The number of benzene rings is 2. The van der Waals surface area contributed by atoms with Crippen molar-refractivity contribution in [3.05, 3.63) is 76.7 Å². The zero-order valence-corrected chi connectivity index (χ0v) is 15.2. The Labute approximate surface area is 166 Å². The summed E-state index contributed by atoms with van der Waals surface area (Å²) in [6.45, 7) is -3.22. The third kappa shape index (κ3) is 5.41. The molecule has 29 heavy (non-hydrogen) atoms. The number of anilines is 1. The zero-order valence-electron chi connectivity index (χ0n) is 14.4. The average molecular weight is 430 g/mol. The number of hydrogen-bond donors (Lipinski definition) is 1. The quantitative estimate of drug-likeness (QED) is 0.493. The van der Waals surface area contributed by atoms with E-state index in [0.29, 0.717) is 6.07 Å². The van der Waals surface area contributed by atoms with Crippen LogP contribution in [0, 0.1) is 11.6 Å². The summed E-state index contributed by atoms with van der Waals surface area (Å²) in [7, 11) is 0. The summed E-state index contributed by atoms with van der Waals surface area (Å²) >= 11 is 5.83. The first-order valence-corrected chi connectivity index (χ1v) is 8.42. The smallest absolute Gasteiger partial charge is 0.387 e. The van der Waals surface area contributed by atoms with Crippen LogP contribution in [0.3, 0.4) is 0 Å². The number of ether oxygens (including phenoxy) is 2. The molecule has 3 aromatic rings. The van der Waals surface area contributed by atoms with Crippen LogP contribution in [0.1, 0.15) is 16.3 Å². The van der Waals surface area contributed by atoms with Crippen LogP contribution in [0.5, 0.6) is 11.5 Å². The van der Waals surface area contributed by atoms with Crippen molar-refractivity contribution in [1.82, 2.24) is 0 Å². The summed E-state index contributed by atoms with van der Waals surface area (Å²) in [5, 5.41) is 2.37. The van der Waals surface area contributed by atoms with Gasteiger partial charge in [-0.15, -0.1) is 0 Å². The van der Waals surface area contributed by atoms with Crippen molar-refractivity contribution in [3.63, 3.8) is 0 Å². The first-order valence-electron chi connectivity index (χ1n) is 8.04. The van der Waals surface area contributed by atoms with E-state index in [9.17, 15) is 22.4 Å². The first-order chi connectivity index (χ1) is 13.8. The summed E-state index contributed by atoms with van der Waals surface area (Å²) in [6, 6.07) is 9.41. The molecule has 1 amide bonds. The molecule has 0 bridgehead atoms. The molecule has 3 rings (SSSR count). The fourth-order valence-electron chi connectivity index (χ4n) is 2.28. The number of furan rings is 1. The molecule has 1 heterocycles. The van der Waals surface area contributed by atoms with Crippen LogP contribution in [-0.2, 0) is 6.61 Å². The molecular formula is C19H12ClF4NO4. The molecule has 0 spiro atoms. The van der Waals surface area contributed by atoms with Crippen molar-refractivity contribution in [1.29, 1.82) is 0 Å². The Bertz CT molecular complexity index is 1030. The Morgan fingerprint density at radius 1 is 1.07 bits per heavy atom. The topological polar surface area (TPSA) is 60.7 Å². The van der Waals surface area contributed by atoms with Gasteiger partial charge in [0.15, 0.2) is 17.3 Å². The number of rotatable bonds is 7. The Morgan fingerprint density at radius 3 is 2.52 bits per heavy atom. The van der Waals surface area contributed by atoms with E-state index < -0.39 is 24.2 Å². The van der Waals surface area contributed by atoms with Gasteiger partial charge < -0.3 is 19.2 Å². The zero-order chi connectivity index (χ0) is 21.0. The number of alkyl halides is 2. The van der Waals surface area contributed by atoms with Gasteiger partial charge in [-0.2, -0.15) is 8.78 Å². The van der Waals surface area contributed by atoms with Gasteiger partial charge in [0, 0.05) is 11.8 Å². The molecule has 152 valence electrons. The minimum absolute atomic E-state index is 0.0767. The lowest BCUT2D eigenvalue weighted by Gasteiger charge is -2.09. The van der Waals surface area contributed by atoms with Crippen molar-refractivity contribution in [2.24, 2.45) is 0 Å². The van der Waals surface area contributed by atoms with Gasteiger partial charge >= 0.3 is 6.61 Å². The Balaban J connectivity index is 1.61. The first kappa shape index (κ1) is 20.5. The third-order valence-electron chi connectivity index (χ3n) is 3.56. The predicted molar refractivity (Wildman–Crippen MR) is 95.4 cm³/mol. The van der Waals surface area contributed by atoms with Gasteiger partial charge in [0.25, 0.3) is 5.91 Å². The van der Waals surface area contributed by atoms with Gasteiger partial charge in [-0.25, -0.2) is 8.78 Å². The van der Waals surface area contributed by atoms with E-state index in [1.54, 1.807) is 0 Å². The van der Waals surface area contributed by atoms with Crippen molar-refractivity contribution < 1.29 is 36.2 Å². The van der Waals surface area contributed by atoms with Crippen LogP contribution >= 0.6 is 11.6 Å². The molecule has 0 unspecified atom stereocenters. The maximum Gasteiger partial charge on any atom is 0.387 e. The Hall–Kier alpha value is -3.20. The Morgan fingerprint density at radius 2 is 1.83 bits per heavy atom. The number of nitrogens with one attached hydrogen (secondary N) is 1. The monoisotopic (exact) mass is 429 g/mol. The highest BCUT2D eigenvalue weighted by Gasteiger charge is 2.15. The van der Waals surface area contributed by atoms with Crippen LogP contribution in [0.4, 0.5) is 23.2 Å². The second kappa shape index (κ2) is 8.87. The van der Waals surface area contributed by atoms with Crippen molar-refractivity contribution in [3.8, 4) is 11.5 Å². The van der Waals surface area contributed by atoms with Gasteiger partial charge in [-0.1, -0.05) is 11.6 Å². The summed E-state index contributed by atoms with van der Waals surface area (Å²) < 4.78 is 65.6. The molecule has 2 aromatic carbocycles. The van der Waals surface area contributed by atoms with Crippen LogP contribution in [-0.4, -0.2) is 12.5 Å². The van der Waals surface area contributed by atoms with Crippen molar-refractivity contribution in [2.45, 2.75) is 13.2 Å². The standard InChI is InChI=1S/C19H12ClF4NO4/c20-13-8-11(2-5-15(13)29-19(23)24)25-18(26)17-6-3-12(28-17)9-27-16-4-1-10(21)7-14(16)22/h1-8,19H,9H2,(H,25,26). The number of carbonyl (C=O) groups is 1. The maximum absolute atomic E-state index is 13.5. The maximum atomic E-state index is 13.5. The highest BCUT2D eigenvalue weighted by atomic mass is 35.5. The predicted octanol–water partition coefficient (Wildman–Crippen LogP) is 5.64. The van der Waals surface area contributed by atoms with Gasteiger partial charge in [-0.05, 0) is 42.5 Å². The van der Waals surface area contributed by atoms with Gasteiger partial charge in [0.1, 0.15) is 23.9 Å². The molecule has 0 atom stereocenters. The second-order valence-electron chi connectivity index (χ2n) is 5.61. The van der Waals surface area contributed by atoms with E-state index in [1.165, 1.54) is 30.3 Å². The molecule has 0 saturated heterocycles. The molecule has 0 saturated carbocycles. The van der Waals surface area contributed by atoms with Crippen LogP contribution in [0.15, 0.2) is 52.9 Å². The highest BCUT2D eigenvalue weighted by Crippen LogP contribution is 2.29. The van der Waals surface area contributed by atoms with Crippen molar-refractivity contribution in [2.75, 3.05) is 5.32 Å². The number of halogens is 5. The van der Waals surface area contributed by atoms with Crippen molar-refractivity contribution >= 4 is 23.2 Å². The molecule has 5 nitrogen and oxygen atoms in total. The highest BCUT2D eigenvalue weighted by molar-refractivity contribution is 6.32. The lowest BCUT2D eigenvalue weighted by Crippen LogP contribution is -2.11. The fourth-order valence-corrected chi connectivity index (χ4v) is 2.51. The minimum atomic E-state index is -3.03. The van der Waals surface area contributed by atoms with Gasteiger partial charge in [0.2, 0.25) is 0 Å². The van der Waals surface area contributed by atoms with Crippen LogP contribution in [0.25, 0.3) is 0 Å². The summed E-state index contributed by atoms with van der Waals surface area (Å²) in [5.74, 6) is -2.50. The molecule has 0 aliphatic heterocycles. The van der Waals surface area contributed by atoms with E-state index in [0.717, 1.165) is 12.1 Å². The Kier molecular flexibility index (Phi) is 6.28. The molecule has 0 aliphatic carbocycles. The molecule has 0 fully saturated rings. The molecule has 1 N–H and O–H groups in total. The summed E-state index contributed by atoms with van der Waals surface area (Å²) in [6.07, 6.45) is 0. The lowest BCUT2D eigenvalue weighted by atomic mass is 10.3. The molecule has 0 aliphatic rings. The number of amides is 1. The third-order valence-corrected chi connectivity index (χ3v) is 3.85. The number of hydrogen-bond acceptors (Lipinski definition) is 4. The van der Waals surface area contributed by atoms with E-state index in [-0.39, 0.29) is 40.3 Å².